The molecule has 9 atom stereocenters. The van der Waals surface area contributed by atoms with E-state index in [1.807, 2.05) is 27.7 Å². The van der Waals surface area contributed by atoms with Crippen molar-refractivity contribution in [2.45, 2.75) is 128 Å². The third kappa shape index (κ3) is 7.57. The highest BCUT2D eigenvalue weighted by Gasteiger charge is 2.78. The van der Waals surface area contributed by atoms with Gasteiger partial charge in [0.2, 0.25) is 17.7 Å². The molecule has 10 nitrogen and oxygen atoms in total. The summed E-state index contributed by atoms with van der Waals surface area (Å²) in [4.78, 5) is 58.7. The van der Waals surface area contributed by atoms with E-state index in [4.69, 9.17) is 9.47 Å². The molecule has 3 saturated heterocycles. The highest BCUT2D eigenvalue weighted by Crippen LogP contribution is 2.61. The van der Waals surface area contributed by atoms with Crippen molar-refractivity contribution in [3.05, 3.63) is 25.3 Å². The molecule has 0 aliphatic carbocycles. The van der Waals surface area contributed by atoms with E-state index < -0.39 is 53.2 Å². The normalized spacial score (nSPS) is 29.1. The van der Waals surface area contributed by atoms with Gasteiger partial charge in [0.1, 0.15) is 17.7 Å². The highest BCUT2D eigenvalue weighted by molar-refractivity contribution is 9.09. The fourth-order valence-corrected chi connectivity index (χ4v) is 8.93. The Morgan fingerprint density at radius 3 is 2.41 bits per heavy atom. The van der Waals surface area contributed by atoms with Crippen molar-refractivity contribution in [2.24, 2.45) is 23.2 Å². The number of fused-ring (bicyclic) bond motifs is 1. The van der Waals surface area contributed by atoms with Crippen LogP contribution in [0.5, 0.6) is 0 Å². The number of halogens is 1. The van der Waals surface area contributed by atoms with Gasteiger partial charge in [-0.2, -0.15) is 0 Å². The van der Waals surface area contributed by atoms with E-state index in [0.29, 0.717) is 25.7 Å². The Hall–Kier alpha value is -2.24. The Labute approximate surface area is 283 Å². The predicted octanol–water partition coefficient (Wildman–Crippen LogP) is 4.38. The average Bonchev–Trinajstić information content (AvgIpc) is 3.55. The number of nitrogens with zero attached hydrogens (tertiary/aromatic N) is 2. The number of likely N-dealkylation sites (tertiary alicyclic amines) is 1. The van der Waals surface area contributed by atoms with Gasteiger partial charge in [0.15, 0.2) is 0 Å². The molecule has 0 aromatic carbocycles. The van der Waals surface area contributed by atoms with E-state index in [1.165, 1.54) is 4.90 Å². The molecule has 3 rings (SSSR count). The molecular formula is C35H56BrN3O7. The Balaban J connectivity index is 2.05. The number of esters is 1. The van der Waals surface area contributed by atoms with Crippen LogP contribution in [-0.4, -0.2) is 98.6 Å². The molecule has 3 fully saturated rings. The predicted molar refractivity (Wildman–Crippen MR) is 181 cm³/mol. The van der Waals surface area contributed by atoms with E-state index in [0.717, 1.165) is 0 Å². The Bertz CT molecular complexity index is 1170. The lowest BCUT2D eigenvalue weighted by Crippen LogP contribution is -2.63. The molecule has 0 radical (unpaired) electrons. The van der Waals surface area contributed by atoms with Crippen LogP contribution in [0.2, 0.25) is 0 Å². The summed E-state index contributed by atoms with van der Waals surface area (Å²) in [5.74, 6) is -3.48. The molecule has 3 aliphatic rings. The number of nitrogens with one attached hydrogen (secondary N) is 1. The zero-order chi connectivity index (χ0) is 34.8. The lowest BCUT2D eigenvalue weighted by molar-refractivity contribution is -0.161. The highest BCUT2D eigenvalue weighted by atomic mass is 79.9. The minimum absolute atomic E-state index is 0.0977. The van der Waals surface area contributed by atoms with Gasteiger partial charge in [-0.1, -0.05) is 69.1 Å². The van der Waals surface area contributed by atoms with Gasteiger partial charge in [0, 0.05) is 23.3 Å². The first kappa shape index (κ1) is 38.2. The number of ether oxygens (including phenoxy) is 2. The summed E-state index contributed by atoms with van der Waals surface area (Å²) in [6.45, 7) is 23.6. The third-order valence-electron chi connectivity index (χ3n) is 9.83. The SMILES string of the molecule is C=CCCC(=O)NC[C@H](C)OC(=O)[C@H]1[C@@H]2O[C@@]3(CC2Br)[C@@H]1C(=O)N([C@@H](CO)[C@@H](C)CC)[C@@H]3C(=O)N(CC=C)C(C)(C)CC(C)(C)C. The fourth-order valence-electron chi connectivity index (χ4n) is 7.99. The van der Waals surface area contributed by atoms with Crippen LogP contribution in [0.3, 0.4) is 0 Å². The standard InChI is InChI=1S/C35H56BrN3O7/c1-11-14-15-25(41)37-18-22(5)45-32(44)26-27-30(42)39(24(19-40)21(4)13-3)29(35(27)17-23(36)28(26)46-35)31(43)38(16-12-2)34(9,10)20-33(6,7)8/h11-12,21-24,26-29,40H,1-2,13-20H2,3-10H3,(H,37,41)/t21-,22-,23?,24-,26+,27-,28+,29+,35-/m0/s1. The second-order valence-electron chi connectivity index (χ2n) is 15.2. The number of allylic oxidation sites excluding steroid dienone is 1. The van der Waals surface area contributed by atoms with Crippen LogP contribution in [0.4, 0.5) is 0 Å². The van der Waals surface area contributed by atoms with Gasteiger partial charge in [0.25, 0.3) is 0 Å². The van der Waals surface area contributed by atoms with Crippen LogP contribution >= 0.6 is 15.9 Å². The van der Waals surface area contributed by atoms with Gasteiger partial charge in [-0.15, -0.1) is 13.2 Å². The minimum atomic E-state index is -1.29. The topological polar surface area (TPSA) is 125 Å². The summed E-state index contributed by atoms with van der Waals surface area (Å²) in [7, 11) is 0. The number of alkyl halides is 1. The van der Waals surface area contributed by atoms with Crippen LogP contribution in [0.1, 0.15) is 87.5 Å². The van der Waals surface area contributed by atoms with Gasteiger partial charge in [-0.05, 0) is 51.4 Å². The number of rotatable bonds is 16. The molecule has 1 unspecified atom stereocenters. The van der Waals surface area contributed by atoms with Gasteiger partial charge >= 0.3 is 5.97 Å². The van der Waals surface area contributed by atoms with Crippen LogP contribution in [0.25, 0.3) is 0 Å². The number of amides is 3. The Kier molecular flexibility index (Phi) is 12.4. The summed E-state index contributed by atoms with van der Waals surface area (Å²) < 4.78 is 12.5. The minimum Gasteiger partial charge on any atom is -0.460 e. The van der Waals surface area contributed by atoms with E-state index in [2.05, 4.69) is 55.2 Å². The summed E-state index contributed by atoms with van der Waals surface area (Å²) >= 11 is 3.72. The van der Waals surface area contributed by atoms with Crippen LogP contribution < -0.4 is 5.32 Å². The van der Waals surface area contributed by atoms with E-state index in [9.17, 15) is 19.5 Å². The zero-order valence-electron chi connectivity index (χ0n) is 29.0. The molecule has 0 aromatic heterocycles. The fraction of sp³-hybridized carbons (Fsp3) is 0.771. The smallest absolute Gasteiger partial charge is 0.312 e. The molecule has 1 spiro atoms. The third-order valence-corrected chi connectivity index (χ3v) is 10.7. The molecule has 3 amide bonds. The van der Waals surface area contributed by atoms with Gasteiger partial charge in [-0.3, -0.25) is 19.2 Å². The van der Waals surface area contributed by atoms with Gasteiger partial charge in [-0.25, -0.2) is 0 Å². The largest absolute Gasteiger partial charge is 0.460 e. The molecule has 3 heterocycles. The molecule has 3 aliphatic heterocycles. The molecule has 46 heavy (non-hydrogen) atoms. The maximum Gasteiger partial charge on any atom is 0.312 e. The quantitative estimate of drug-likeness (QED) is 0.138. The molecule has 0 aromatic rings. The number of hydrogen-bond acceptors (Lipinski definition) is 7. The Morgan fingerprint density at radius 2 is 1.87 bits per heavy atom. The maximum absolute atomic E-state index is 15.0. The molecular weight excluding hydrogens is 654 g/mol. The van der Waals surface area contributed by atoms with Crippen molar-refractivity contribution in [3.63, 3.8) is 0 Å². The number of aliphatic hydroxyl groups is 1. The number of carbonyl (C=O) groups excluding carboxylic acids is 4. The maximum atomic E-state index is 15.0. The average molecular weight is 711 g/mol. The number of carbonyl (C=O) groups is 4. The first-order valence-corrected chi connectivity index (χ1v) is 17.6. The summed E-state index contributed by atoms with van der Waals surface area (Å²) in [6, 6.07) is -1.71. The Morgan fingerprint density at radius 1 is 1.22 bits per heavy atom. The summed E-state index contributed by atoms with van der Waals surface area (Å²) in [6.07, 6.45) is 4.55. The molecule has 11 heteroatoms. The van der Waals surface area contributed by atoms with Crippen LogP contribution in [-0.2, 0) is 28.7 Å². The summed E-state index contributed by atoms with van der Waals surface area (Å²) in [5, 5.41) is 13.4. The molecule has 0 saturated carbocycles. The van der Waals surface area contributed by atoms with Gasteiger partial charge < -0.3 is 29.7 Å². The van der Waals surface area contributed by atoms with E-state index in [1.54, 1.807) is 24.0 Å². The first-order chi connectivity index (χ1) is 21.4. The molecule has 2 bridgehead atoms. The van der Waals surface area contributed by atoms with Gasteiger partial charge in [0.05, 0.1) is 37.1 Å². The summed E-state index contributed by atoms with van der Waals surface area (Å²) in [5.41, 5.74) is -2.00. The first-order valence-electron chi connectivity index (χ1n) is 16.7. The van der Waals surface area contributed by atoms with Crippen molar-refractivity contribution in [1.29, 1.82) is 0 Å². The van der Waals surface area contributed by atoms with E-state index in [-0.39, 0.29) is 60.0 Å². The molecule has 260 valence electrons. The second-order valence-corrected chi connectivity index (χ2v) is 16.4. The number of hydrogen-bond donors (Lipinski definition) is 2. The van der Waals surface area contributed by atoms with Crippen molar-refractivity contribution < 1.29 is 33.8 Å². The van der Waals surface area contributed by atoms with Crippen LogP contribution in [0, 0.1) is 23.2 Å². The lowest BCUT2D eigenvalue weighted by atomic mass is 9.70. The van der Waals surface area contributed by atoms with E-state index >= 15 is 4.79 Å². The monoisotopic (exact) mass is 709 g/mol. The lowest BCUT2D eigenvalue weighted by Gasteiger charge is -2.47. The zero-order valence-corrected chi connectivity index (χ0v) is 30.6. The number of aliphatic hydroxyl groups excluding tert-OH is 1. The van der Waals surface area contributed by atoms with Crippen molar-refractivity contribution in [1.82, 2.24) is 15.1 Å². The van der Waals surface area contributed by atoms with Crippen molar-refractivity contribution >= 4 is 39.6 Å². The van der Waals surface area contributed by atoms with Crippen molar-refractivity contribution in [3.8, 4) is 0 Å². The van der Waals surface area contributed by atoms with Crippen molar-refractivity contribution in [2.75, 3.05) is 19.7 Å². The molecule has 2 N–H and O–H groups in total. The van der Waals surface area contributed by atoms with Crippen LogP contribution in [0.15, 0.2) is 25.3 Å². The second kappa shape index (κ2) is 14.9.